The topological polar surface area (TPSA) is 81.9 Å². The maximum atomic E-state index is 11.0. The van der Waals surface area contributed by atoms with E-state index in [-0.39, 0.29) is 5.91 Å². The summed E-state index contributed by atoms with van der Waals surface area (Å²) in [5.41, 5.74) is 3.22. The van der Waals surface area contributed by atoms with Gasteiger partial charge in [0, 0.05) is 25.0 Å². The quantitative estimate of drug-likeness (QED) is 0.778. The maximum absolute atomic E-state index is 11.0. The number of benzene rings is 1. The summed E-state index contributed by atoms with van der Waals surface area (Å²) in [4.78, 5) is 15.0. The highest BCUT2D eigenvalue weighted by atomic mass is 32.1. The number of ether oxygens (including phenoxy) is 1. The van der Waals surface area contributed by atoms with Gasteiger partial charge in [-0.1, -0.05) is 11.2 Å². The van der Waals surface area contributed by atoms with Crippen molar-refractivity contribution in [3.8, 4) is 10.9 Å². The average molecular weight is 329 g/mol. The van der Waals surface area contributed by atoms with Crippen molar-refractivity contribution >= 4 is 22.4 Å². The molecule has 0 radical (unpaired) electrons. The molecular weight excluding hydrogens is 314 g/mol. The zero-order valence-electron chi connectivity index (χ0n) is 12.7. The second kappa shape index (κ2) is 6.57. The second-order valence-corrected chi connectivity index (χ2v) is 5.86. The highest BCUT2D eigenvalue weighted by Gasteiger charge is 2.08. The Morgan fingerprint density at radius 2 is 2.26 bits per heavy atom. The van der Waals surface area contributed by atoms with E-state index in [0.29, 0.717) is 16.9 Å². The molecule has 0 aliphatic heterocycles. The number of rotatable bonds is 5. The minimum absolute atomic E-state index is 0.182. The average Bonchev–Trinajstić information content (AvgIpc) is 3.17. The van der Waals surface area contributed by atoms with Gasteiger partial charge < -0.3 is 14.6 Å². The fourth-order valence-electron chi connectivity index (χ4n) is 2.02. The van der Waals surface area contributed by atoms with E-state index in [0.717, 1.165) is 16.8 Å². The molecule has 0 saturated carbocycles. The lowest BCUT2D eigenvalue weighted by Gasteiger charge is -2.09. The molecule has 23 heavy (non-hydrogen) atoms. The summed E-state index contributed by atoms with van der Waals surface area (Å²) < 4.78 is 7.59. The molecule has 3 aromatic rings. The molecule has 0 atom stereocenters. The summed E-state index contributed by atoms with van der Waals surface area (Å²) in [7, 11) is 0. The molecule has 0 spiro atoms. The van der Waals surface area contributed by atoms with Gasteiger partial charge in [0.25, 0.3) is 5.19 Å². The second-order valence-electron chi connectivity index (χ2n) is 4.92. The first-order chi connectivity index (χ1) is 11.1. The Morgan fingerprint density at radius 1 is 1.39 bits per heavy atom. The maximum Gasteiger partial charge on any atom is 0.296 e. The van der Waals surface area contributed by atoms with Crippen molar-refractivity contribution in [3.63, 3.8) is 0 Å². The molecule has 0 unspecified atom stereocenters. The van der Waals surface area contributed by atoms with Crippen LogP contribution in [-0.2, 0) is 11.4 Å². The first kappa shape index (κ1) is 15.2. The molecule has 2 aromatic heterocycles. The van der Waals surface area contributed by atoms with E-state index in [9.17, 15) is 4.79 Å². The van der Waals surface area contributed by atoms with Crippen molar-refractivity contribution in [1.29, 1.82) is 0 Å². The molecule has 7 nitrogen and oxygen atoms in total. The van der Waals surface area contributed by atoms with Crippen LogP contribution in [0.4, 0.5) is 5.13 Å². The van der Waals surface area contributed by atoms with Gasteiger partial charge in [-0.05, 0) is 41.5 Å². The highest BCUT2D eigenvalue weighted by molar-refractivity contribution is 7.17. The van der Waals surface area contributed by atoms with Crippen molar-refractivity contribution in [3.05, 3.63) is 48.0 Å². The lowest BCUT2D eigenvalue weighted by Crippen LogP contribution is -2.04. The van der Waals surface area contributed by atoms with E-state index in [1.165, 1.54) is 18.3 Å². The third kappa shape index (κ3) is 3.72. The number of imidazole rings is 1. The normalized spacial score (nSPS) is 10.5. The Morgan fingerprint density at radius 3 is 2.96 bits per heavy atom. The molecule has 1 aromatic carbocycles. The molecule has 3 rings (SSSR count). The van der Waals surface area contributed by atoms with E-state index in [2.05, 4.69) is 26.6 Å². The molecule has 1 amide bonds. The van der Waals surface area contributed by atoms with Crippen LogP contribution >= 0.6 is 11.3 Å². The Bertz CT molecular complexity index is 813. The third-order valence-corrected chi connectivity index (χ3v) is 3.92. The number of carbonyl (C=O) groups excluding carboxylic acids is 1. The Balaban J connectivity index is 1.66. The molecule has 0 saturated heterocycles. The molecule has 0 bridgehead atoms. The fraction of sp³-hybridized carbons (Fsp3) is 0.200. The summed E-state index contributed by atoms with van der Waals surface area (Å²) in [6.07, 6.45) is 5.40. The number of nitrogens with zero attached hydrogens (tertiary/aromatic N) is 4. The number of hydrogen-bond acceptors (Lipinski definition) is 6. The van der Waals surface area contributed by atoms with Crippen LogP contribution in [-0.4, -0.2) is 25.7 Å². The molecule has 8 heteroatoms. The van der Waals surface area contributed by atoms with Crippen molar-refractivity contribution in [2.24, 2.45) is 0 Å². The largest absolute Gasteiger partial charge is 0.464 e. The van der Waals surface area contributed by atoms with Crippen LogP contribution < -0.4 is 10.1 Å². The zero-order chi connectivity index (χ0) is 16.2. The molecule has 1 N–H and O–H groups in total. The summed E-state index contributed by atoms with van der Waals surface area (Å²) in [6.45, 7) is 3.85. The van der Waals surface area contributed by atoms with Crippen molar-refractivity contribution < 1.29 is 9.53 Å². The van der Waals surface area contributed by atoms with Gasteiger partial charge in [-0.15, -0.1) is 5.10 Å². The first-order valence-electron chi connectivity index (χ1n) is 6.93. The van der Waals surface area contributed by atoms with E-state index < -0.39 is 0 Å². The molecular formula is C15H15N5O2S. The Labute approximate surface area is 137 Å². The van der Waals surface area contributed by atoms with Gasteiger partial charge >= 0.3 is 0 Å². The van der Waals surface area contributed by atoms with Crippen molar-refractivity contribution in [1.82, 2.24) is 19.7 Å². The molecule has 0 fully saturated rings. The van der Waals surface area contributed by atoms with Gasteiger partial charge in [-0.3, -0.25) is 4.79 Å². The highest BCUT2D eigenvalue weighted by Crippen LogP contribution is 2.24. The number of anilines is 1. The van der Waals surface area contributed by atoms with Gasteiger partial charge in [0.1, 0.15) is 6.61 Å². The minimum atomic E-state index is -0.182. The van der Waals surface area contributed by atoms with E-state index >= 15 is 0 Å². The molecule has 2 heterocycles. The van der Waals surface area contributed by atoms with Crippen LogP contribution in [0.3, 0.4) is 0 Å². The minimum Gasteiger partial charge on any atom is -0.464 e. The lowest BCUT2D eigenvalue weighted by molar-refractivity contribution is -0.114. The van der Waals surface area contributed by atoms with Gasteiger partial charge in [0.15, 0.2) is 0 Å². The molecule has 0 aliphatic carbocycles. The summed E-state index contributed by atoms with van der Waals surface area (Å²) >= 11 is 1.20. The Kier molecular flexibility index (Phi) is 4.33. The van der Waals surface area contributed by atoms with Gasteiger partial charge in [-0.2, -0.15) is 0 Å². The smallest absolute Gasteiger partial charge is 0.296 e. The van der Waals surface area contributed by atoms with E-state index in [4.69, 9.17) is 4.74 Å². The van der Waals surface area contributed by atoms with Gasteiger partial charge in [0.05, 0.1) is 6.33 Å². The SMILES string of the molecule is CC(=O)Nc1nnc(OCc2ccc(-n3ccnc3)cc2C)s1. The summed E-state index contributed by atoms with van der Waals surface area (Å²) in [5.74, 6) is -0.182. The Hall–Kier alpha value is -2.74. The third-order valence-electron chi connectivity index (χ3n) is 3.17. The van der Waals surface area contributed by atoms with Crippen LogP contribution in [0.2, 0.25) is 0 Å². The van der Waals surface area contributed by atoms with Crippen LogP contribution in [0.15, 0.2) is 36.9 Å². The summed E-state index contributed by atoms with van der Waals surface area (Å²) in [5, 5.41) is 11.2. The van der Waals surface area contributed by atoms with Crippen LogP contribution in [0.1, 0.15) is 18.1 Å². The van der Waals surface area contributed by atoms with Crippen molar-refractivity contribution in [2.45, 2.75) is 20.5 Å². The molecule has 0 aliphatic rings. The van der Waals surface area contributed by atoms with Crippen molar-refractivity contribution in [2.75, 3.05) is 5.32 Å². The van der Waals surface area contributed by atoms with Crippen LogP contribution in [0.25, 0.3) is 5.69 Å². The fourth-order valence-corrected chi connectivity index (χ4v) is 2.66. The number of aryl methyl sites for hydroxylation is 1. The lowest BCUT2D eigenvalue weighted by atomic mass is 10.1. The number of hydrogen-bond donors (Lipinski definition) is 1. The number of amides is 1. The monoisotopic (exact) mass is 329 g/mol. The van der Waals surface area contributed by atoms with Crippen LogP contribution in [0, 0.1) is 6.92 Å². The zero-order valence-corrected chi connectivity index (χ0v) is 13.5. The van der Waals surface area contributed by atoms with Gasteiger partial charge in [0.2, 0.25) is 11.0 Å². The van der Waals surface area contributed by atoms with E-state index in [1.807, 2.05) is 29.8 Å². The number of aromatic nitrogens is 4. The number of carbonyl (C=O) groups is 1. The standard InChI is InChI=1S/C15H15N5O2S/c1-10-7-13(20-6-5-16-9-20)4-3-12(10)8-22-15-19-18-14(23-15)17-11(2)21/h3-7,9H,8H2,1-2H3,(H,17,18,21). The van der Waals surface area contributed by atoms with Crippen LogP contribution in [0.5, 0.6) is 5.19 Å². The predicted molar refractivity (Wildman–Crippen MR) is 86.8 cm³/mol. The predicted octanol–water partition coefficient (Wildman–Crippen LogP) is 2.57. The summed E-state index contributed by atoms with van der Waals surface area (Å²) in [6, 6.07) is 6.10. The first-order valence-corrected chi connectivity index (χ1v) is 7.75. The molecule has 118 valence electrons. The van der Waals surface area contributed by atoms with Gasteiger partial charge in [-0.25, -0.2) is 4.98 Å². The number of nitrogens with one attached hydrogen (secondary N) is 1. The van der Waals surface area contributed by atoms with E-state index in [1.54, 1.807) is 12.5 Å².